The normalized spacial score (nSPS) is 7.14. The highest BCUT2D eigenvalue weighted by atomic mass is 13.9. The van der Waals surface area contributed by atoms with Crippen molar-refractivity contribution >= 4 is 5.57 Å². The molecule has 1 aromatic carbocycles. The molecule has 0 amide bonds. The quantitative estimate of drug-likeness (QED) is 0.453. The Morgan fingerprint density at radius 1 is 0.682 bits per heavy atom. The predicted molar refractivity (Wildman–Crippen MR) is 116 cm³/mol. The Hall–Kier alpha value is -1.30. The third-order valence-electron chi connectivity index (χ3n) is 2.24. The van der Waals surface area contributed by atoms with E-state index < -0.39 is 0 Å². The van der Waals surface area contributed by atoms with Crippen molar-refractivity contribution < 1.29 is 0 Å². The van der Waals surface area contributed by atoms with Crippen molar-refractivity contribution in [3.63, 3.8) is 0 Å². The van der Waals surface area contributed by atoms with Gasteiger partial charge >= 0.3 is 0 Å². The molecule has 0 radical (unpaired) electrons. The van der Waals surface area contributed by atoms with E-state index in [-0.39, 0.29) is 37.1 Å². The summed E-state index contributed by atoms with van der Waals surface area (Å²) in [6, 6.07) is 10.4. The maximum atomic E-state index is 2.12. The Morgan fingerprint density at radius 3 is 1.23 bits per heavy atom. The molecular formula is C22H48. The number of benzene rings is 1. The molecule has 0 heteroatoms. The van der Waals surface area contributed by atoms with Crippen LogP contribution in [0.3, 0.4) is 0 Å². The summed E-state index contributed by atoms with van der Waals surface area (Å²) in [5.41, 5.74) is 4.02. The molecule has 0 aliphatic carbocycles. The Morgan fingerprint density at radius 2 is 1.00 bits per heavy atom. The first-order chi connectivity index (χ1) is 8.11. The Kier molecular flexibility index (Phi) is 62.0. The van der Waals surface area contributed by atoms with Crippen molar-refractivity contribution in [3.8, 4) is 0 Å². The molecule has 0 spiro atoms. The van der Waals surface area contributed by atoms with Gasteiger partial charge in [0.1, 0.15) is 0 Å². The Balaban J connectivity index is -0.0000000336. The molecule has 0 fully saturated rings. The molecule has 22 heavy (non-hydrogen) atoms. The van der Waals surface area contributed by atoms with Crippen molar-refractivity contribution in [2.45, 2.75) is 85.6 Å². The molecule has 0 aliphatic heterocycles. The van der Waals surface area contributed by atoms with Crippen LogP contribution in [0, 0.1) is 0 Å². The molecule has 0 saturated carbocycles. The second-order valence-corrected chi connectivity index (χ2v) is 3.70. The first-order valence-electron chi connectivity index (χ1n) is 6.39. The van der Waals surface area contributed by atoms with E-state index >= 15 is 0 Å². The van der Waals surface area contributed by atoms with Crippen LogP contribution in [0.25, 0.3) is 5.57 Å². The van der Waals surface area contributed by atoms with E-state index in [1.807, 2.05) is 26.8 Å². The van der Waals surface area contributed by atoms with Gasteiger partial charge in [-0.15, -0.1) is 0 Å². The second-order valence-electron chi connectivity index (χ2n) is 3.70. The molecule has 0 aromatic heterocycles. The lowest BCUT2D eigenvalue weighted by Crippen LogP contribution is -1.75. The zero-order chi connectivity index (χ0) is 13.7. The molecule has 0 aliphatic rings. The van der Waals surface area contributed by atoms with Gasteiger partial charge in [0, 0.05) is 0 Å². The van der Waals surface area contributed by atoms with Gasteiger partial charge in [0.2, 0.25) is 0 Å². The van der Waals surface area contributed by atoms with Gasteiger partial charge in [-0.3, -0.25) is 0 Å². The first-order valence-corrected chi connectivity index (χ1v) is 6.39. The van der Waals surface area contributed by atoms with Gasteiger partial charge in [0.05, 0.1) is 0 Å². The minimum atomic E-state index is 0. The lowest BCUT2D eigenvalue weighted by molar-refractivity contribution is 1.36. The monoisotopic (exact) mass is 312 g/mol. The van der Waals surface area contributed by atoms with Crippen LogP contribution < -0.4 is 0 Å². The van der Waals surface area contributed by atoms with Crippen LogP contribution in [0.1, 0.15) is 91.2 Å². The van der Waals surface area contributed by atoms with Crippen molar-refractivity contribution in [3.05, 3.63) is 53.6 Å². The van der Waals surface area contributed by atoms with Gasteiger partial charge in [0.15, 0.2) is 0 Å². The maximum absolute atomic E-state index is 2.12. The van der Waals surface area contributed by atoms with E-state index in [1.165, 1.54) is 16.7 Å². The highest BCUT2D eigenvalue weighted by Gasteiger charge is 1.88. The Bertz CT molecular complexity index is 311. The van der Waals surface area contributed by atoms with Gasteiger partial charge in [-0.1, -0.05) is 99.0 Å². The minimum Gasteiger partial charge on any atom is -0.0890 e. The molecule has 0 unspecified atom stereocenters. The summed E-state index contributed by atoms with van der Waals surface area (Å²) in [7, 11) is 0. The summed E-state index contributed by atoms with van der Waals surface area (Å²) in [5, 5.41) is 0. The van der Waals surface area contributed by atoms with Gasteiger partial charge in [-0.25, -0.2) is 0 Å². The fourth-order valence-corrected chi connectivity index (χ4v) is 0.868. The predicted octanol–water partition coefficient (Wildman–Crippen LogP) is 9.29. The second kappa shape index (κ2) is 31.9. The SMILES string of the molecule is C.C.C.C.C.CC.CC=C(C)C.CC=C(C)c1ccccc1. The number of hydrogen-bond acceptors (Lipinski definition) is 0. The molecule has 136 valence electrons. The fraction of sp³-hybridized carbons (Fsp3) is 0.545. The molecule has 1 aromatic rings. The van der Waals surface area contributed by atoms with Crippen LogP contribution >= 0.6 is 0 Å². The summed E-state index contributed by atoms with van der Waals surface area (Å²) >= 11 is 0. The lowest BCUT2D eigenvalue weighted by atomic mass is 10.1. The number of rotatable bonds is 1. The minimum absolute atomic E-state index is 0. The highest BCUT2D eigenvalue weighted by Crippen LogP contribution is 2.11. The maximum Gasteiger partial charge on any atom is -0.0231 e. The summed E-state index contributed by atoms with van der Waals surface area (Å²) < 4.78 is 0. The Labute approximate surface area is 145 Å². The van der Waals surface area contributed by atoms with E-state index in [2.05, 4.69) is 64.1 Å². The van der Waals surface area contributed by atoms with Gasteiger partial charge in [-0.05, 0) is 45.8 Å². The van der Waals surface area contributed by atoms with Crippen LogP contribution in [0.5, 0.6) is 0 Å². The van der Waals surface area contributed by atoms with Gasteiger partial charge < -0.3 is 0 Å². The van der Waals surface area contributed by atoms with E-state index in [4.69, 9.17) is 0 Å². The topological polar surface area (TPSA) is 0 Å². The summed E-state index contributed by atoms with van der Waals surface area (Å²) in [4.78, 5) is 0. The molecular weight excluding hydrogens is 264 g/mol. The summed E-state index contributed by atoms with van der Waals surface area (Å²) in [5.74, 6) is 0. The average Bonchev–Trinajstić information content (AvgIpc) is 2.41. The fourth-order valence-electron chi connectivity index (χ4n) is 0.868. The summed E-state index contributed by atoms with van der Waals surface area (Å²) in [6.45, 7) is 14.4. The smallest absolute Gasteiger partial charge is 0.0231 e. The highest BCUT2D eigenvalue weighted by molar-refractivity contribution is 5.62. The van der Waals surface area contributed by atoms with E-state index in [1.54, 1.807) is 0 Å². The molecule has 0 atom stereocenters. The van der Waals surface area contributed by atoms with Crippen molar-refractivity contribution in [1.82, 2.24) is 0 Å². The van der Waals surface area contributed by atoms with Gasteiger partial charge in [0.25, 0.3) is 0 Å². The van der Waals surface area contributed by atoms with Crippen molar-refractivity contribution in [2.75, 3.05) is 0 Å². The van der Waals surface area contributed by atoms with E-state index in [9.17, 15) is 0 Å². The zero-order valence-corrected chi connectivity index (χ0v) is 12.5. The van der Waals surface area contributed by atoms with Crippen LogP contribution in [-0.2, 0) is 0 Å². The van der Waals surface area contributed by atoms with Gasteiger partial charge in [-0.2, -0.15) is 0 Å². The number of allylic oxidation sites excluding steroid dienone is 4. The van der Waals surface area contributed by atoms with E-state index in [0.29, 0.717) is 0 Å². The third kappa shape index (κ3) is 27.1. The summed E-state index contributed by atoms with van der Waals surface area (Å²) in [6.07, 6.45) is 4.20. The lowest BCUT2D eigenvalue weighted by Gasteiger charge is -1.97. The average molecular weight is 313 g/mol. The van der Waals surface area contributed by atoms with Crippen LogP contribution in [0.15, 0.2) is 48.1 Å². The van der Waals surface area contributed by atoms with Crippen LogP contribution in [-0.4, -0.2) is 0 Å². The molecule has 0 N–H and O–H groups in total. The van der Waals surface area contributed by atoms with Crippen LogP contribution in [0.4, 0.5) is 0 Å². The van der Waals surface area contributed by atoms with Crippen LogP contribution in [0.2, 0.25) is 0 Å². The van der Waals surface area contributed by atoms with E-state index in [0.717, 1.165) is 0 Å². The standard InChI is InChI=1S/C10H12.C5H10.C2H6.5CH4/c1-3-9(2)10-7-5-4-6-8-10;1-4-5(2)3;1-2;;;;;/h3-8H,1-2H3;4H,1-3H3;1-2H3;5*1H4. The molecule has 0 heterocycles. The third-order valence-corrected chi connectivity index (χ3v) is 2.24. The molecule has 1 rings (SSSR count). The molecule has 0 saturated heterocycles. The molecule has 0 nitrogen and oxygen atoms in total. The van der Waals surface area contributed by atoms with Crippen molar-refractivity contribution in [2.24, 2.45) is 0 Å². The zero-order valence-electron chi connectivity index (χ0n) is 12.5. The molecule has 0 bridgehead atoms. The largest absolute Gasteiger partial charge is 0.0890 e. The first kappa shape index (κ1) is 42.8. The number of hydrogen-bond donors (Lipinski definition) is 0. The van der Waals surface area contributed by atoms with Crippen molar-refractivity contribution in [1.29, 1.82) is 0 Å².